The van der Waals surface area contributed by atoms with Gasteiger partial charge in [0, 0.05) is 13.1 Å². The molecule has 1 atom stereocenters. The molecule has 1 saturated heterocycles. The average molecular weight is 319 g/mol. The zero-order valence-corrected chi connectivity index (χ0v) is 13.1. The second-order valence-electron chi connectivity index (χ2n) is 5.41. The van der Waals surface area contributed by atoms with Crippen molar-refractivity contribution in [2.75, 3.05) is 13.1 Å². The fourth-order valence-electron chi connectivity index (χ4n) is 2.28. The highest BCUT2D eigenvalue weighted by Gasteiger charge is 2.38. The van der Waals surface area contributed by atoms with Gasteiger partial charge in [-0.2, -0.15) is 4.31 Å². The number of morpholine rings is 1. The Labute approximate surface area is 122 Å². The minimum atomic E-state index is -3.67. The summed E-state index contributed by atoms with van der Waals surface area (Å²) in [6.07, 6.45) is -0.201. The highest BCUT2D eigenvalue weighted by atomic mass is 32.2. The van der Waals surface area contributed by atoms with Crippen LogP contribution in [0.2, 0.25) is 0 Å². The molecule has 0 saturated carbocycles. The SMILES string of the molecule is CC1CN(S(=O)(=O)c2ccc(C(=O)O)s2)CC(C)(C)O1. The number of hydrogen-bond acceptors (Lipinski definition) is 5. The lowest BCUT2D eigenvalue weighted by molar-refractivity contribution is -0.109. The number of carbonyl (C=O) groups is 1. The Morgan fingerprint density at radius 3 is 2.65 bits per heavy atom. The molecular formula is C12H17NO5S2. The molecule has 6 nitrogen and oxygen atoms in total. The zero-order chi connectivity index (χ0) is 15.1. The molecule has 0 aromatic carbocycles. The summed E-state index contributed by atoms with van der Waals surface area (Å²) in [5, 5.41) is 8.88. The number of carboxylic acids is 1. The summed E-state index contributed by atoms with van der Waals surface area (Å²) in [6.45, 7) is 6.01. The summed E-state index contributed by atoms with van der Waals surface area (Å²) in [5.41, 5.74) is -0.558. The van der Waals surface area contributed by atoms with Crippen LogP contribution in [-0.2, 0) is 14.8 Å². The molecule has 1 aromatic rings. The number of aromatic carboxylic acids is 1. The fourth-order valence-corrected chi connectivity index (χ4v) is 5.24. The van der Waals surface area contributed by atoms with Gasteiger partial charge >= 0.3 is 5.97 Å². The van der Waals surface area contributed by atoms with Crippen LogP contribution in [0.1, 0.15) is 30.4 Å². The van der Waals surface area contributed by atoms with E-state index in [1.54, 1.807) is 0 Å². The van der Waals surface area contributed by atoms with E-state index in [4.69, 9.17) is 9.84 Å². The summed E-state index contributed by atoms with van der Waals surface area (Å²) >= 11 is 0.773. The van der Waals surface area contributed by atoms with Gasteiger partial charge in [-0.1, -0.05) is 0 Å². The molecule has 1 unspecified atom stereocenters. The van der Waals surface area contributed by atoms with Crippen molar-refractivity contribution in [3.8, 4) is 0 Å². The van der Waals surface area contributed by atoms with Crippen molar-refractivity contribution in [1.82, 2.24) is 4.31 Å². The summed E-state index contributed by atoms with van der Waals surface area (Å²) in [5.74, 6) is -1.12. The van der Waals surface area contributed by atoms with Crippen LogP contribution in [0.4, 0.5) is 0 Å². The summed E-state index contributed by atoms with van der Waals surface area (Å²) in [4.78, 5) is 10.9. The molecule has 112 valence electrons. The van der Waals surface area contributed by atoms with Gasteiger partial charge in [-0.15, -0.1) is 11.3 Å². The number of carboxylic acid groups (broad SMARTS) is 1. The molecule has 8 heteroatoms. The van der Waals surface area contributed by atoms with Gasteiger partial charge in [0.2, 0.25) is 0 Å². The van der Waals surface area contributed by atoms with E-state index in [1.807, 2.05) is 20.8 Å². The lowest BCUT2D eigenvalue weighted by Crippen LogP contribution is -2.53. The summed E-state index contributed by atoms with van der Waals surface area (Å²) < 4.78 is 32.2. The normalized spacial score (nSPS) is 23.6. The Bertz CT molecular complexity index is 620. The first-order valence-corrected chi connectivity index (χ1v) is 8.38. The number of rotatable bonds is 3. The van der Waals surface area contributed by atoms with Crippen molar-refractivity contribution in [2.24, 2.45) is 0 Å². The van der Waals surface area contributed by atoms with E-state index in [9.17, 15) is 13.2 Å². The molecule has 0 amide bonds. The minimum absolute atomic E-state index is 0.0177. The molecule has 2 rings (SSSR count). The number of nitrogens with zero attached hydrogens (tertiary/aromatic N) is 1. The molecule has 1 N–H and O–H groups in total. The Morgan fingerprint density at radius 1 is 1.50 bits per heavy atom. The predicted molar refractivity (Wildman–Crippen MR) is 74.7 cm³/mol. The van der Waals surface area contributed by atoms with Gasteiger partial charge in [-0.3, -0.25) is 0 Å². The lowest BCUT2D eigenvalue weighted by atomic mass is 10.1. The topological polar surface area (TPSA) is 83.9 Å². The third-order valence-electron chi connectivity index (χ3n) is 2.92. The van der Waals surface area contributed by atoms with Crippen LogP contribution in [0, 0.1) is 0 Å². The molecule has 0 bridgehead atoms. The van der Waals surface area contributed by atoms with Crippen LogP contribution < -0.4 is 0 Å². The van der Waals surface area contributed by atoms with Crippen LogP contribution in [0.15, 0.2) is 16.3 Å². The van der Waals surface area contributed by atoms with Gasteiger partial charge < -0.3 is 9.84 Å². The first-order chi connectivity index (χ1) is 9.12. The van der Waals surface area contributed by atoms with E-state index < -0.39 is 21.6 Å². The van der Waals surface area contributed by atoms with Gasteiger partial charge in [0.15, 0.2) is 0 Å². The smallest absolute Gasteiger partial charge is 0.345 e. The van der Waals surface area contributed by atoms with Gasteiger partial charge in [0.05, 0.1) is 11.7 Å². The monoisotopic (exact) mass is 319 g/mol. The number of thiophene rings is 1. The van der Waals surface area contributed by atoms with Gasteiger partial charge in [-0.25, -0.2) is 13.2 Å². The highest BCUT2D eigenvalue weighted by molar-refractivity contribution is 7.91. The molecule has 1 aliphatic rings. The first kappa shape index (κ1) is 15.4. The molecule has 1 fully saturated rings. The van der Waals surface area contributed by atoms with Gasteiger partial charge in [0.1, 0.15) is 9.09 Å². The second-order valence-corrected chi connectivity index (χ2v) is 8.66. The Balaban J connectivity index is 2.31. The third kappa shape index (κ3) is 3.03. The van der Waals surface area contributed by atoms with E-state index >= 15 is 0 Å². The molecule has 20 heavy (non-hydrogen) atoms. The highest BCUT2D eigenvalue weighted by Crippen LogP contribution is 2.29. The Kier molecular flexibility index (Phi) is 3.94. The molecule has 0 aliphatic carbocycles. The fraction of sp³-hybridized carbons (Fsp3) is 0.583. The zero-order valence-electron chi connectivity index (χ0n) is 11.5. The van der Waals surface area contributed by atoms with E-state index in [0.717, 1.165) is 11.3 Å². The van der Waals surface area contributed by atoms with Crippen LogP contribution in [-0.4, -0.2) is 48.6 Å². The predicted octanol–water partition coefficient (Wildman–Crippen LogP) is 1.63. The molecule has 0 radical (unpaired) electrons. The van der Waals surface area contributed by atoms with Crippen molar-refractivity contribution in [1.29, 1.82) is 0 Å². The van der Waals surface area contributed by atoms with Crippen molar-refractivity contribution in [2.45, 2.75) is 36.7 Å². The van der Waals surface area contributed by atoms with Gasteiger partial charge in [0.25, 0.3) is 10.0 Å². The van der Waals surface area contributed by atoms with Crippen LogP contribution in [0.3, 0.4) is 0 Å². The van der Waals surface area contributed by atoms with Crippen molar-refractivity contribution in [3.05, 3.63) is 17.0 Å². The van der Waals surface area contributed by atoms with Crippen molar-refractivity contribution < 1.29 is 23.1 Å². The van der Waals surface area contributed by atoms with Crippen LogP contribution in [0.5, 0.6) is 0 Å². The van der Waals surface area contributed by atoms with Gasteiger partial charge in [-0.05, 0) is 32.9 Å². The van der Waals surface area contributed by atoms with Crippen molar-refractivity contribution >= 4 is 27.3 Å². The maximum atomic E-state index is 12.5. The third-order valence-corrected chi connectivity index (χ3v) is 6.28. The summed E-state index contributed by atoms with van der Waals surface area (Å²) in [7, 11) is -3.67. The lowest BCUT2D eigenvalue weighted by Gasteiger charge is -2.40. The second kappa shape index (κ2) is 5.10. The summed E-state index contributed by atoms with van der Waals surface area (Å²) in [6, 6.07) is 2.66. The quantitative estimate of drug-likeness (QED) is 0.915. The van der Waals surface area contributed by atoms with Crippen molar-refractivity contribution in [3.63, 3.8) is 0 Å². The molecular weight excluding hydrogens is 302 g/mol. The molecule has 2 heterocycles. The molecule has 1 aliphatic heterocycles. The van der Waals surface area contributed by atoms with E-state index in [-0.39, 0.29) is 28.3 Å². The molecule has 1 aromatic heterocycles. The number of sulfonamides is 1. The standard InChI is InChI=1S/C12H17NO5S2/c1-8-6-13(7-12(2,3)18-8)20(16,17)10-5-4-9(19-10)11(14)15/h4-5,8H,6-7H2,1-3H3,(H,14,15). The van der Waals surface area contributed by atoms with E-state index in [1.165, 1.54) is 16.4 Å². The molecule has 0 spiro atoms. The Morgan fingerprint density at radius 2 is 2.15 bits per heavy atom. The van der Waals surface area contributed by atoms with E-state index in [2.05, 4.69) is 0 Å². The minimum Gasteiger partial charge on any atom is -0.477 e. The maximum absolute atomic E-state index is 12.5. The maximum Gasteiger partial charge on any atom is 0.345 e. The van der Waals surface area contributed by atoms with Crippen LogP contribution in [0.25, 0.3) is 0 Å². The number of ether oxygens (including phenoxy) is 1. The first-order valence-electron chi connectivity index (χ1n) is 6.13. The Hall–Kier alpha value is -0.960. The number of hydrogen-bond donors (Lipinski definition) is 1. The van der Waals surface area contributed by atoms with E-state index in [0.29, 0.717) is 0 Å². The van der Waals surface area contributed by atoms with Crippen LogP contribution >= 0.6 is 11.3 Å². The average Bonchev–Trinajstić information content (AvgIpc) is 2.75. The largest absolute Gasteiger partial charge is 0.477 e.